The molecule has 1 aromatic carbocycles. The molecule has 0 bridgehead atoms. The summed E-state index contributed by atoms with van der Waals surface area (Å²) in [6, 6.07) is 9.57. The third-order valence-corrected chi connectivity index (χ3v) is 4.03. The molecule has 6 nitrogen and oxygen atoms in total. The fourth-order valence-corrected chi connectivity index (χ4v) is 2.68. The Morgan fingerprint density at radius 3 is 2.74 bits per heavy atom. The van der Waals surface area contributed by atoms with Gasteiger partial charge in [-0.25, -0.2) is 0 Å². The van der Waals surface area contributed by atoms with E-state index in [1.165, 1.54) is 4.90 Å². The Kier molecular flexibility index (Phi) is 5.58. The average Bonchev–Trinajstić information content (AvgIpc) is 2.93. The Labute approximate surface area is 136 Å². The van der Waals surface area contributed by atoms with Crippen molar-refractivity contribution in [1.29, 1.82) is 5.26 Å². The molecular formula is C17H21N3O3. The number of nitrogens with zero attached hydrogens (tertiary/aromatic N) is 3. The number of methoxy groups -OCH3 is 1. The van der Waals surface area contributed by atoms with Gasteiger partial charge in [-0.05, 0) is 17.7 Å². The monoisotopic (exact) mass is 315 g/mol. The van der Waals surface area contributed by atoms with Crippen molar-refractivity contribution in [2.24, 2.45) is 5.92 Å². The Morgan fingerprint density at radius 2 is 2.13 bits per heavy atom. The maximum atomic E-state index is 12.3. The van der Waals surface area contributed by atoms with E-state index in [1.54, 1.807) is 19.1 Å². The number of ether oxygens (including phenoxy) is 1. The van der Waals surface area contributed by atoms with Crippen LogP contribution in [0.5, 0.6) is 5.75 Å². The largest absolute Gasteiger partial charge is 0.497 e. The van der Waals surface area contributed by atoms with Gasteiger partial charge in [-0.15, -0.1) is 0 Å². The Hall–Kier alpha value is -2.55. The summed E-state index contributed by atoms with van der Waals surface area (Å²) in [5.41, 5.74) is 1.00. The van der Waals surface area contributed by atoms with Crippen LogP contribution < -0.4 is 4.74 Å². The molecule has 1 atom stereocenters. The van der Waals surface area contributed by atoms with E-state index < -0.39 is 0 Å². The molecule has 1 heterocycles. The Balaban J connectivity index is 1.94. The molecule has 1 aliphatic heterocycles. The first kappa shape index (κ1) is 16.8. The first-order valence-electron chi connectivity index (χ1n) is 7.57. The standard InChI is InChI=1S/C17H21N3O3/c1-19(9-3-8-18)17(22)14-10-16(21)20(12-14)11-13-4-6-15(23-2)7-5-13/h4-7,14H,3,9-12H2,1-2H3/t14-/m1/s1. The second-order valence-electron chi connectivity index (χ2n) is 5.69. The van der Waals surface area contributed by atoms with Gasteiger partial charge in [0.1, 0.15) is 5.75 Å². The maximum absolute atomic E-state index is 12.3. The summed E-state index contributed by atoms with van der Waals surface area (Å²) >= 11 is 0. The SMILES string of the molecule is COc1ccc(CN2C[C@H](C(=O)N(C)CCC#N)CC2=O)cc1. The average molecular weight is 315 g/mol. The summed E-state index contributed by atoms with van der Waals surface area (Å²) in [5, 5.41) is 8.59. The molecule has 0 N–H and O–H groups in total. The second kappa shape index (κ2) is 7.63. The fraction of sp³-hybridized carbons (Fsp3) is 0.471. The molecule has 1 fully saturated rings. The third-order valence-electron chi connectivity index (χ3n) is 4.03. The minimum atomic E-state index is -0.315. The Morgan fingerprint density at radius 1 is 1.43 bits per heavy atom. The first-order valence-corrected chi connectivity index (χ1v) is 7.57. The lowest BCUT2D eigenvalue weighted by Gasteiger charge is -2.20. The summed E-state index contributed by atoms with van der Waals surface area (Å²) in [4.78, 5) is 27.7. The summed E-state index contributed by atoms with van der Waals surface area (Å²) in [6.07, 6.45) is 0.546. The zero-order chi connectivity index (χ0) is 16.8. The van der Waals surface area contributed by atoms with Crippen LogP contribution in [0, 0.1) is 17.2 Å². The van der Waals surface area contributed by atoms with Gasteiger partial charge < -0.3 is 14.5 Å². The normalized spacial score (nSPS) is 17.0. The van der Waals surface area contributed by atoms with E-state index >= 15 is 0 Å². The first-order chi connectivity index (χ1) is 11.0. The molecule has 1 aromatic rings. The molecule has 2 amide bonds. The zero-order valence-corrected chi connectivity index (χ0v) is 13.5. The predicted octanol–water partition coefficient (Wildman–Crippen LogP) is 1.42. The van der Waals surface area contributed by atoms with Crippen LogP contribution in [0.3, 0.4) is 0 Å². The van der Waals surface area contributed by atoms with Crippen LogP contribution >= 0.6 is 0 Å². The highest BCUT2D eigenvalue weighted by atomic mass is 16.5. The van der Waals surface area contributed by atoms with Crippen LogP contribution in [0.2, 0.25) is 0 Å². The number of hydrogen-bond donors (Lipinski definition) is 0. The number of carbonyl (C=O) groups is 2. The minimum Gasteiger partial charge on any atom is -0.497 e. The van der Waals surface area contributed by atoms with Gasteiger partial charge in [0.15, 0.2) is 0 Å². The van der Waals surface area contributed by atoms with E-state index in [0.29, 0.717) is 26.1 Å². The van der Waals surface area contributed by atoms with Gasteiger partial charge in [0.05, 0.1) is 25.5 Å². The van der Waals surface area contributed by atoms with Crippen molar-refractivity contribution >= 4 is 11.8 Å². The highest BCUT2D eigenvalue weighted by Crippen LogP contribution is 2.22. The fourth-order valence-electron chi connectivity index (χ4n) is 2.68. The zero-order valence-electron chi connectivity index (χ0n) is 13.5. The van der Waals surface area contributed by atoms with Crippen LogP contribution in [-0.4, -0.2) is 48.9 Å². The lowest BCUT2D eigenvalue weighted by Crippen LogP contribution is -2.35. The van der Waals surface area contributed by atoms with E-state index in [2.05, 4.69) is 0 Å². The van der Waals surface area contributed by atoms with Gasteiger partial charge in [-0.2, -0.15) is 5.26 Å². The van der Waals surface area contributed by atoms with Crippen LogP contribution in [0.4, 0.5) is 0 Å². The number of amides is 2. The lowest BCUT2D eigenvalue weighted by atomic mass is 10.1. The maximum Gasteiger partial charge on any atom is 0.227 e. The molecule has 0 unspecified atom stereocenters. The van der Waals surface area contributed by atoms with E-state index in [-0.39, 0.29) is 24.2 Å². The molecule has 0 aromatic heterocycles. The molecule has 1 aliphatic rings. The van der Waals surface area contributed by atoms with Crippen LogP contribution in [0.1, 0.15) is 18.4 Å². The van der Waals surface area contributed by atoms with Crippen molar-refractivity contribution in [3.8, 4) is 11.8 Å². The van der Waals surface area contributed by atoms with Crippen LogP contribution in [-0.2, 0) is 16.1 Å². The van der Waals surface area contributed by atoms with Gasteiger partial charge in [0, 0.05) is 33.1 Å². The summed E-state index contributed by atoms with van der Waals surface area (Å²) < 4.78 is 5.11. The number of hydrogen-bond acceptors (Lipinski definition) is 4. The van der Waals surface area contributed by atoms with E-state index in [4.69, 9.17) is 10.00 Å². The number of carbonyl (C=O) groups excluding carboxylic acids is 2. The van der Waals surface area contributed by atoms with Gasteiger partial charge in [0.25, 0.3) is 0 Å². The van der Waals surface area contributed by atoms with Gasteiger partial charge in [0.2, 0.25) is 11.8 Å². The molecule has 0 aliphatic carbocycles. The van der Waals surface area contributed by atoms with Gasteiger partial charge in [-0.1, -0.05) is 12.1 Å². The smallest absolute Gasteiger partial charge is 0.227 e. The highest BCUT2D eigenvalue weighted by molar-refractivity contribution is 5.89. The molecule has 0 saturated carbocycles. The Bertz CT molecular complexity index is 607. The molecule has 2 rings (SSSR count). The van der Waals surface area contributed by atoms with Gasteiger partial charge >= 0.3 is 0 Å². The van der Waals surface area contributed by atoms with Crippen LogP contribution in [0.25, 0.3) is 0 Å². The van der Waals surface area contributed by atoms with Crippen molar-refractivity contribution < 1.29 is 14.3 Å². The predicted molar refractivity (Wildman–Crippen MR) is 84.4 cm³/mol. The number of rotatable bonds is 6. The highest BCUT2D eigenvalue weighted by Gasteiger charge is 2.35. The second-order valence-corrected chi connectivity index (χ2v) is 5.69. The molecule has 122 valence electrons. The number of benzene rings is 1. The summed E-state index contributed by atoms with van der Waals surface area (Å²) in [7, 11) is 3.29. The van der Waals surface area contributed by atoms with Crippen molar-refractivity contribution in [3.05, 3.63) is 29.8 Å². The summed E-state index contributed by atoms with van der Waals surface area (Å²) in [5.74, 6) is 0.386. The lowest BCUT2D eigenvalue weighted by molar-refractivity contribution is -0.134. The van der Waals surface area contributed by atoms with Crippen molar-refractivity contribution in [1.82, 2.24) is 9.80 Å². The minimum absolute atomic E-state index is 0.00662. The molecule has 6 heteroatoms. The summed E-state index contributed by atoms with van der Waals surface area (Å²) in [6.45, 7) is 1.33. The molecule has 0 spiro atoms. The molecular weight excluding hydrogens is 294 g/mol. The molecule has 23 heavy (non-hydrogen) atoms. The van der Waals surface area contributed by atoms with E-state index in [1.807, 2.05) is 30.3 Å². The van der Waals surface area contributed by atoms with Crippen molar-refractivity contribution in [2.75, 3.05) is 27.2 Å². The number of nitriles is 1. The van der Waals surface area contributed by atoms with Crippen molar-refractivity contribution in [3.63, 3.8) is 0 Å². The quantitative estimate of drug-likeness (QED) is 0.795. The van der Waals surface area contributed by atoms with E-state index in [9.17, 15) is 9.59 Å². The molecule has 1 saturated heterocycles. The van der Waals surface area contributed by atoms with Gasteiger partial charge in [-0.3, -0.25) is 9.59 Å². The number of likely N-dealkylation sites (tertiary alicyclic amines) is 1. The van der Waals surface area contributed by atoms with Crippen LogP contribution in [0.15, 0.2) is 24.3 Å². The van der Waals surface area contributed by atoms with Crippen molar-refractivity contribution in [2.45, 2.75) is 19.4 Å². The topological polar surface area (TPSA) is 73.6 Å². The third kappa shape index (κ3) is 4.22. The molecule has 0 radical (unpaired) electrons. The van der Waals surface area contributed by atoms with E-state index in [0.717, 1.165) is 11.3 Å².